The number of piperidine rings is 1. The van der Waals surface area contributed by atoms with Crippen LogP contribution in [0.15, 0.2) is 30.6 Å². The first-order valence-electron chi connectivity index (χ1n) is 11.8. The fourth-order valence-corrected chi connectivity index (χ4v) is 5.31. The highest BCUT2D eigenvalue weighted by atomic mass is 35.5. The highest BCUT2D eigenvalue weighted by molar-refractivity contribution is 7.97. The van der Waals surface area contributed by atoms with Gasteiger partial charge in [-0.05, 0) is 49.7 Å². The summed E-state index contributed by atoms with van der Waals surface area (Å²) in [6.45, 7) is 5.99. The van der Waals surface area contributed by atoms with Gasteiger partial charge in [-0.1, -0.05) is 29.6 Å². The molecule has 2 aliphatic rings. The van der Waals surface area contributed by atoms with Crippen molar-refractivity contribution in [1.82, 2.24) is 14.3 Å². The summed E-state index contributed by atoms with van der Waals surface area (Å²) in [6.07, 6.45) is 8.35. The predicted octanol–water partition coefficient (Wildman–Crippen LogP) is 4.87. The molecule has 4 rings (SSSR count). The second kappa shape index (κ2) is 12.7. The first-order chi connectivity index (χ1) is 16.2. The summed E-state index contributed by atoms with van der Waals surface area (Å²) in [6, 6.07) is 5.28. The highest BCUT2D eigenvalue weighted by Crippen LogP contribution is 2.25. The van der Waals surface area contributed by atoms with Gasteiger partial charge in [0.25, 0.3) is 0 Å². The van der Waals surface area contributed by atoms with E-state index in [-0.39, 0.29) is 5.82 Å². The number of aryl methyl sites for hydroxylation is 1. The Bertz CT molecular complexity index is 862. The summed E-state index contributed by atoms with van der Waals surface area (Å²) in [5.74, 6) is 2.75. The Labute approximate surface area is 204 Å². The van der Waals surface area contributed by atoms with E-state index in [0.717, 1.165) is 82.3 Å². The molecule has 0 amide bonds. The number of nitrogens with zero attached hydrogens (tertiary/aromatic N) is 4. The Kier molecular flexibility index (Phi) is 9.46. The van der Waals surface area contributed by atoms with Crippen molar-refractivity contribution in [3.05, 3.63) is 47.0 Å². The zero-order chi connectivity index (χ0) is 22.9. The van der Waals surface area contributed by atoms with Gasteiger partial charge in [0.1, 0.15) is 11.6 Å². The molecule has 6 nitrogen and oxygen atoms in total. The monoisotopic (exact) mass is 494 g/mol. The van der Waals surface area contributed by atoms with Crippen molar-refractivity contribution in [1.29, 1.82) is 0 Å². The van der Waals surface area contributed by atoms with Gasteiger partial charge in [-0.15, -0.1) is 0 Å². The van der Waals surface area contributed by atoms with Gasteiger partial charge in [0.15, 0.2) is 0 Å². The molecule has 2 aliphatic heterocycles. The number of benzene rings is 1. The second-order valence-electron chi connectivity index (χ2n) is 8.50. The van der Waals surface area contributed by atoms with Crippen LogP contribution in [0.25, 0.3) is 0 Å². The maximum absolute atomic E-state index is 14.5. The number of ether oxygens (including phenoxy) is 2. The van der Waals surface area contributed by atoms with Crippen LogP contribution in [-0.2, 0) is 11.2 Å². The van der Waals surface area contributed by atoms with E-state index in [1.54, 1.807) is 24.3 Å². The molecule has 0 bridgehead atoms. The van der Waals surface area contributed by atoms with Gasteiger partial charge in [-0.3, -0.25) is 0 Å². The molecule has 33 heavy (non-hydrogen) atoms. The Morgan fingerprint density at radius 3 is 2.61 bits per heavy atom. The van der Waals surface area contributed by atoms with Crippen molar-refractivity contribution in [3.8, 4) is 5.75 Å². The summed E-state index contributed by atoms with van der Waals surface area (Å²) < 4.78 is 27.9. The zero-order valence-electron chi connectivity index (χ0n) is 18.9. The van der Waals surface area contributed by atoms with Crippen LogP contribution in [0.2, 0.25) is 5.02 Å². The number of morpholine rings is 1. The minimum absolute atomic E-state index is 0.174. The molecule has 1 aromatic carbocycles. The van der Waals surface area contributed by atoms with E-state index in [2.05, 4.69) is 19.2 Å². The largest absolute Gasteiger partial charge is 0.493 e. The van der Waals surface area contributed by atoms with E-state index < -0.39 is 0 Å². The van der Waals surface area contributed by atoms with E-state index >= 15 is 0 Å². The second-order valence-corrected chi connectivity index (χ2v) is 10.1. The first kappa shape index (κ1) is 24.5. The van der Waals surface area contributed by atoms with Crippen LogP contribution in [0.1, 0.15) is 31.2 Å². The van der Waals surface area contributed by atoms with Crippen molar-refractivity contribution in [3.63, 3.8) is 0 Å². The van der Waals surface area contributed by atoms with E-state index in [4.69, 9.17) is 21.1 Å². The number of aromatic nitrogens is 2. The first-order valence-corrected chi connectivity index (χ1v) is 13.1. The minimum atomic E-state index is -0.174. The lowest BCUT2D eigenvalue weighted by Crippen LogP contribution is -2.34. The number of halogens is 2. The lowest BCUT2D eigenvalue weighted by atomic mass is 9.92. The molecular formula is C24H32ClFN4O2S. The third-order valence-corrected chi connectivity index (χ3v) is 7.48. The molecule has 0 radical (unpaired) electrons. The molecule has 0 aliphatic carbocycles. The van der Waals surface area contributed by atoms with Gasteiger partial charge in [0.2, 0.25) is 5.95 Å². The molecular weight excluding hydrogens is 463 g/mol. The van der Waals surface area contributed by atoms with Gasteiger partial charge >= 0.3 is 0 Å². The molecule has 0 spiro atoms. The Hall–Kier alpha value is -1.61. The van der Waals surface area contributed by atoms with Crippen molar-refractivity contribution in [2.75, 3.05) is 56.7 Å². The molecule has 9 heteroatoms. The van der Waals surface area contributed by atoms with Crippen LogP contribution in [0.5, 0.6) is 5.75 Å². The summed E-state index contributed by atoms with van der Waals surface area (Å²) in [5, 5.41) is 0.561. The van der Waals surface area contributed by atoms with Crippen LogP contribution < -0.4 is 9.64 Å². The molecule has 2 aromatic rings. The maximum atomic E-state index is 14.5. The van der Waals surface area contributed by atoms with Crippen LogP contribution >= 0.6 is 23.5 Å². The third kappa shape index (κ3) is 7.70. The normalized spacial score (nSPS) is 17.9. The summed E-state index contributed by atoms with van der Waals surface area (Å²) >= 11 is 7.65. The molecule has 2 fully saturated rings. The molecule has 1 aromatic heterocycles. The molecule has 180 valence electrons. The third-order valence-electron chi connectivity index (χ3n) is 6.17. The van der Waals surface area contributed by atoms with Crippen LogP contribution in [-0.4, -0.2) is 66.0 Å². The number of rotatable bonds is 10. The highest BCUT2D eigenvalue weighted by Gasteiger charge is 2.20. The van der Waals surface area contributed by atoms with E-state index in [9.17, 15) is 4.39 Å². The van der Waals surface area contributed by atoms with E-state index in [1.165, 1.54) is 6.07 Å². The lowest BCUT2D eigenvalue weighted by Gasteiger charge is -2.31. The fraction of sp³-hybridized carbons (Fsp3) is 0.583. The molecule has 2 saturated heterocycles. The van der Waals surface area contributed by atoms with E-state index in [0.29, 0.717) is 29.7 Å². The molecule has 0 unspecified atom stereocenters. The Morgan fingerprint density at radius 1 is 1.12 bits per heavy atom. The average Bonchev–Trinajstić information content (AvgIpc) is 2.85. The quantitative estimate of drug-likeness (QED) is 0.345. The smallest absolute Gasteiger partial charge is 0.225 e. The van der Waals surface area contributed by atoms with Gasteiger partial charge < -0.3 is 14.4 Å². The predicted molar refractivity (Wildman–Crippen MR) is 132 cm³/mol. The summed E-state index contributed by atoms with van der Waals surface area (Å²) in [5.41, 5.74) is 0.750. The van der Waals surface area contributed by atoms with Crippen LogP contribution in [0, 0.1) is 11.7 Å². The molecule has 0 atom stereocenters. The number of anilines is 1. The molecule has 0 N–H and O–H groups in total. The summed E-state index contributed by atoms with van der Waals surface area (Å²) in [7, 11) is 0. The van der Waals surface area contributed by atoms with Crippen LogP contribution in [0.4, 0.5) is 10.3 Å². The van der Waals surface area contributed by atoms with E-state index in [1.807, 2.05) is 12.1 Å². The van der Waals surface area contributed by atoms with Crippen molar-refractivity contribution < 1.29 is 13.9 Å². The zero-order valence-corrected chi connectivity index (χ0v) is 20.5. The topological polar surface area (TPSA) is 50.7 Å². The van der Waals surface area contributed by atoms with Crippen molar-refractivity contribution in [2.24, 2.45) is 5.92 Å². The SMILES string of the molecule is Fc1cc(OCCCC2CCN(c3ncc(Cl)cn3)CC2)ccc1CCSN1CCOCC1. The van der Waals surface area contributed by atoms with Gasteiger partial charge in [0.05, 0.1) is 37.2 Å². The number of hydrogen-bond donors (Lipinski definition) is 0. The Morgan fingerprint density at radius 2 is 1.88 bits per heavy atom. The Balaban J connectivity index is 1.11. The van der Waals surface area contributed by atoms with Crippen molar-refractivity contribution >= 4 is 29.5 Å². The average molecular weight is 495 g/mol. The minimum Gasteiger partial charge on any atom is -0.493 e. The van der Waals surface area contributed by atoms with Crippen molar-refractivity contribution in [2.45, 2.75) is 32.1 Å². The molecule has 3 heterocycles. The van der Waals surface area contributed by atoms with Gasteiger partial charge in [0, 0.05) is 38.0 Å². The number of hydrogen-bond acceptors (Lipinski definition) is 7. The van der Waals surface area contributed by atoms with Crippen LogP contribution in [0.3, 0.4) is 0 Å². The lowest BCUT2D eigenvalue weighted by molar-refractivity contribution is 0.0773. The fourth-order valence-electron chi connectivity index (χ4n) is 4.23. The standard InChI is InChI=1S/C24H32ClFN4O2S/c25-21-17-27-24(28-18-21)29-8-5-19(6-9-29)2-1-12-32-22-4-3-20(23(26)16-22)7-15-33-30-10-13-31-14-11-30/h3-4,16-19H,1-2,5-15H2. The van der Waals surface area contributed by atoms with Gasteiger partial charge in [-0.25, -0.2) is 18.7 Å². The van der Waals surface area contributed by atoms with Gasteiger partial charge in [-0.2, -0.15) is 0 Å². The molecule has 0 saturated carbocycles. The maximum Gasteiger partial charge on any atom is 0.225 e. The summed E-state index contributed by atoms with van der Waals surface area (Å²) in [4.78, 5) is 10.8.